The van der Waals surface area contributed by atoms with Gasteiger partial charge in [0.2, 0.25) is 5.91 Å². The van der Waals surface area contributed by atoms with Crippen LogP contribution in [-0.4, -0.2) is 36.7 Å². The maximum Gasteiger partial charge on any atom is 0.232 e. The lowest BCUT2D eigenvalue weighted by Crippen LogP contribution is -2.31. The van der Waals surface area contributed by atoms with Crippen LogP contribution < -0.4 is 5.32 Å². The highest BCUT2D eigenvalue weighted by atomic mass is 32.2. The summed E-state index contributed by atoms with van der Waals surface area (Å²) in [6.45, 7) is 6.48. The summed E-state index contributed by atoms with van der Waals surface area (Å²) >= 11 is 1.60. The molecule has 0 heterocycles. The predicted octanol–water partition coefficient (Wildman–Crippen LogP) is 2.37. The molecule has 0 aromatic heterocycles. The van der Waals surface area contributed by atoms with Gasteiger partial charge in [0, 0.05) is 24.5 Å². The van der Waals surface area contributed by atoms with Crippen LogP contribution in [0, 0.1) is 0 Å². The van der Waals surface area contributed by atoms with Crippen LogP contribution in [0.1, 0.15) is 19.4 Å². The molecular weight excluding hydrogens is 244 g/mol. The van der Waals surface area contributed by atoms with Crippen molar-refractivity contribution in [3.8, 4) is 0 Å². The molecular formula is C14H22N2OS. The number of rotatable bonds is 7. The number of benzene rings is 1. The number of hydrogen-bond acceptors (Lipinski definition) is 3. The number of nitrogens with one attached hydrogen (secondary N) is 1. The minimum Gasteiger partial charge on any atom is -0.343 e. The predicted molar refractivity (Wildman–Crippen MR) is 77.9 cm³/mol. The molecule has 100 valence electrons. The van der Waals surface area contributed by atoms with E-state index in [1.165, 1.54) is 5.56 Å². The van der Waals surface area contributed by atoms with Crippen LogP contribution in [0.2, 0.25) is 0 Å². The second kappa shape index (κ2) is 8.16. The summed E-state index contributed by atoms with van der Waals surface area (Å²) in [6.07, 6.45) is 0. The fourth-order valence-electron chi connectivity index (χ4n) is 1.72. The molecule has 0 saturated carbocycles. The average molecular weight is 266 g/mol. The van der Waals surface area contributed by atoms with Crippen LogP contribution in [0.4, 0.5) is 0 Å². The number of nitrogens with zero attached hydrogens (tertiary/aromatic N) is 1. The van der Waals surface area contributed by atoms with Gasteiger partial charge in [-0.1, -0.05) is 12.1 Å². The Morgan fingerprint density at radius 2 is 1.83 bits per heavy atom. The fraction of sp³-hybridized carbons (Fsp3) is 0.500. The van der Waals surface area contributed by atoms with Crippen LogP contribution in [0.25, 0.3) is 0 Å². The third-order valence-electron chi connectivity index (χ3n) is 2.78. The van der Waals surface area contributed by atoms with Crippen LogP contribution >= 0.6 is 11.8 Å². The van der Waals surface area contributed by atoms with Crippen LogP contribution in [0.5, 0.6) is 0 Å². The zero-order chi connectivity index (χ0) is 13.4. The van der Waals surface area contributed by atoms with Gasteiger partial charge in [-0.05, 0) is 38.6 Å². The molecule has 1 aromatic rings. The molecule has 0 saturated heterocycles. The number of hydrogen-bond donors (Lipinski definition) is 1. The molecule has 0 aliphatic rings. The third kappa shape index (κ3) is 4.70. The van der Waals surface area contributed by atoms with Crippen molar-refractivity contribution in [2.45, 2.75) is 25.3 Å². The van der Waals surface area contributed by atoms with Gasteiger partial charge in [-0.15, -0.1) is 11.8 Å². The highest BCUT2D eigenvalue weighted by molar-refractivity contribution is 8.00. The molecule has 0 aliphatic carbocycles. The first-order valence-corrected chi connectivity index (χ1v) is 7.33. The minimum atomic E-state index is 0.212. The largest absolute Gasteiger partial charge is 0.343 e. The second-order valence-electron chi connectivity index (χ2n) is 4.03. The molecule has 4 heteroatoms. The summed E-state index contributed by atoms with van der Waals surface area (Å²) in [6, 6.07) is 8.35. The molecule has 0 spiro atoms. The zero-order valence-corrected chi connectivity index (χ0v) is 12.2. The van der Waals surface area contributed by atoms with Gasteiger partial charge in [0.05, 0.1) is 5.75 Å². The average Bonchev–Trinajstić information content (AvgIpc) is 2.40. The van der Waals surface area contributed by atoms with Crippen LogP contribution in [0.15, 0.2) is 29.2 Å². The molecule has 3 nitrogen and oxygen atoms in total. The van der Waals surface area contributed by atoms with E-state index in [-0.39, 0.29) is 5.91 Å². The Hall–Kier alpha value is -1.00. The van der Waals surface area contributed by atoms with Crippen LogP contribution in [-0.2, 0) is 11.3 Å². The molecule has 18 heavy (non-hydrogen) atoms. The normalized spacial score (nSPS) is 10.4. The Morgan fingerprint density at radius 3 is 2.33 bits per heavy atom. The summed E-state index contributed by atoms with van der Waals surface area (Å²) in [7, 11) is 1.94. The first-order chi connectivity index (χ1) is 8.71. The summed E-state index contributed by atoms with van der Waals surface area (Å²) in [5, 5.41) is 3.12. The van der Waals surface area contributed by atoms with Gasteiger partial charge in [-0.2, -0.15) is 0 Å². The molecule has 1 amide bonds. The maximum atomic E-state index is 11.8. The van der Waals surface area contributed by atoms with E-state index in [0.717, 1.165) is 24.5 Å². The Kier molecular flexibility index (Phi) is 6.83. The Bertz CT molecular complexity index is 361. The van der Waals surface area contributed by atoms with E-state index in [2.05, 4.69) is 29.6 Å². The first-order valence-electron chi connectivity index (χ1n) is 6.35. The van der Waals surface area contributed by atoms with E-state index >= 15 is 0 Å². The van der Waals surface area contributed by atoms with Gasteiger partial charge < -0.3 is 10.2 Å². The molecule has 1 N–H and O–H groups in total. The van der Waals surface area contributed by atoms with Crippen molar-refractivity contribution in [1.29, 1.82) is 0 Å². The van der Waals surface area contributed by atoms with Gasteiger partial charge in [0.25, 0.3) is 0 Å². The monoisotopic (exact) mass is 266 g/mol. The summed E-state index contributed by atoms with van der Waals surface area (Å²) in [5.74, 6) is 0.733. The second-order valence-corrected chi connectivity index (χ2v) is 5.08. The molecule has 0 unspecified atom stereocenters. The smallest absolute Gasteiger partial charge is 0.232 e. The van der Waals surface area contributed by atoms with Crippen molar-refractivity contribution in [3.05, 3.63) is 29.8 Å². The standard InChI is InChI=1S/C14H22N2OS/c1-4-16(5-2)14(17)11-18-13-8-6-12(7-9-13)10-15-3/h6-9,15H,4-5,10-11H2,1-3H3. The minimum absolute atomic E-state index is 0.212. The van der Waals surface area contributed by atoms with E-state index in [9.17, 15) is 4.79 Å². The number of thioether (sulfide) groups is 1. The highest BCUT2D eigenvalue weighted by Gasteiger charge is 2.09. The van der Waals surface area contributed by atoms with E-state index in [1.54, 1.807) is 11.8 Å². The van der Waals surface area contributed by atoms with Gasteiger partial charge in [-0.25, -0.2) is 0 Å². The lowest BCUT2D eigenvalue weighted by atomic mass is 10.2. The number of carbonyl (C=O) groups is 1. The van der Waals surface area contributed by atoms with Gasteiger partial charge in [0.15, 0.2) is 0 Å². The van der Waals surface area contributed by atoms with E-state index < -0.39 is 0 Å². The lowest BCUT2D eigenvalue weighted by Gasteiger charge is -2.18. The van der Waals surface area contributed by atoms with Crippen LogP contribution in [0.3, 0.4) is 0 Å². The van der Waals surface area contributed by atoms with Gasteiger partial charge in [-0.3, -0.25) is 4.79 Å². The molecule has 0 bridgehead atoms. The summed E-state index contributed by atoms with van der Waals surface area (Å²) < 4.78 is 0. The maximum absolute atomic E-state index is 11.8. The quantitative estimate of drug-likeness (QED) is 0.769. The Morgan fingerprint density at radius 1 is 1.22 bits per heavy atom. The van der Waals surface area contributed by atoms with E-state index in [4.69, 9.17) is 0 Å². The van der Waals surface area contributed by atoms with Crippen molar-refractivity contribution < 1.29 is 4.79 Å². The summed E-state index contributed by atoms with van der Waals surface area (Å²) in [5.41, 5.74) is 1.26. The topological polar surface area (TPSA) is 32.3 Å². The Labute approximate surface area is 114 Å². The molecule has 0 fully saturated rings. The number of amides is 1. The zero-order valence-electron chi connectivity index (χ0n) is 11.4. The van der Waals surface area contributed by atoms with Gasteiger partial charge in [0.1, 0.15) is 0 Å². The molecule has 1 rings (SSSR count). The first kappa shape index (κ1) is 15.1. The molecule has 0 atom stereocenters. The Balaban J connectivity index is 2.45. The van der Waals surface area contributed by atoms with Crippen molar-refractivity contribution >= 4 is 17.7 Å². The van der Waals surface area contributed by atoms with E-state index in [1.807, 2.05) is 25.8 Å². The van der Waals surface area contributed by atoms with Gasteiger partial charge >= 0.3 is 0 Å². The fourth-order valence-corrected chi connectivity index (χ4v) is 2.52. The van der Waals surface area contributed by atoms with Crippen molar-refractivity contribution in [2.75, 3.05) is 25.9 Å². The SMILES string of the molecule is CCN(CC)C(=O)CSc1ccc(CNC)cc1. The lowest BCUT2D eigenvalue weighted by molar-refractivity contribution is -0.127. The highest BCUT2D eigenvalue weighted by Crippen LogP contribution is 2.18. The van der Waals surface area contributed by atoms with E-state index in [0.29, 0.717) is 5.75 Å². The van der Waals surface area contributed by atoms with Crippen molar-refractivity contribution in [1.82, 2.24) is 10.2 Å². The molecule has 1 aromatic carbocycles. The third-order valence-corrected chi connectivity index (χ3v) is 3.78. The summed E-state index contributed by atoms with van der Waals surface area (Å²) in [4.78, 5) is 14.9. The molecule has 0 radical (unpaired) electrons. The van der Waals surface area contributed by atoms with Crippen molar-refractivity contribution in [2.24, 2.45) is 0 Å². The number of carbonyl (C=O) groups excluding carboxylic acids is 1. The van der Waals surface area contributed by atoms with Crippen molar-refractivity contribution in [3.63, 3.8) is 0 Å². The molecule has 0 aliphatic heterocycles.